The standard InChI is InChI=1S/C15H20N2O3S/c1-3-13-17(12(9-21-13)14(18)19)15(20)16-8-11-6-4-5-10(2)7-11/h4-7,12-13H,3,8-9H2,1-2H3,(H,16,20)(H,18,19). The van der Waals surface area contributed by atoms with Gasteiger partial charge in [0, 0.05) is 12.3 Å². The van der Waals surface area contributed by atoms with Crippen LogP contribution in [0.1, 0.15) is 24.5 Å². The predicted octanol–water partition coefficient (Wildman–Crippen LogP) is 2.44. The van der Waals surface area contributed by atoms with Crippen LogP contribution in [0.5, 0.6) is 0 Å². The third-order valence-electron chi connectivity index (χ3n) is 3.49. The number of hydrogen-bond donors (Lipinski definition) is 2. The van der Waals surface area contributed by atoms with Crippen molar-refractivity contribution in [1.82, 2.24) is 10.2 Å². The predicted molar refractivity (Wildman–Crippen MR) is 83.2 cm³/mol. The first kappa shape index (κ1) is 15.7. The number of aliphatic carboxylic acids is 1. The zero-order chi connectivity index (χ0) is 15.4. The Labute approximate surface area is 128 Å². The summed E-state index contributed by atoms with van der Waals surface area (Å²) in [6.07, 6.45) is 0.742. The van der Waals surface area contributed by atoms with E-state index in [1.165, 1.54) is 16.7 Å². The van der Waals surface area contributed by atoms with Gasteiger partial charge in [-0.2, -0.15) is 0 Å². The van der Waals surface area contributed by atoms with Crippen LogP contribution in [0.25, 0.3) is 0 Å². The summed E-state index contributed by atoms with van der Waals surface area (Å²) < 4.78 is 0. The van der Waals surface area contributed by atoms with Gasteiger partial charge in [0.15, 0.2) is 0 Å². The topological polar surface area (TPSA) is 69.6 Å². The van der Waals surface area contributed by atoms with Crippen LogP contribution in [-0.2, 0) is 11.3 Å². The van der Waals surface area contributed by atoms with Crippen LogP contribution in [0.4, 0.5) is 4.79 Å². The number of carboxylic acid groups (broad SMARTS) is 1. The number of aryl methyl sites for hydroxylation is 1. The zero-order valence-corrected chi connectivity index (χ0v) is 13.0. The fraction of sp³-hybridized carbons (Fsp3) is 0.467. The number of nitrogens with zero attached hydrogens (tertiary/aromatic N) is 1. The Kier molecular flexibility index (Phi) is 5.12. The highest BCUT2D eigenvalue weighted by atomic mass is 32.2. The van der Waals surface area contributed by atoms with Crippen molar-refractivity contribution < 1.29 is 14.7 Å². The fourth-order valence-electron chi connectivity index (χ4n) is 2.43. The summed E-state index contributed by atoms with van der Waals surface area (Å²) in [4.78, 5) is 25.0. The molecular formula is C15H20N2O3S. The molecule has 0 saturated carbocycles. The van der Waals surface area contributed by atoms with E-state index < -0.39 is 12.0 Å². The summed E-state index contributed by atoms with van der Waals surface area (Å²) in [6.45, 7) is 4.36. The molecule has 21 heavy (non-hydrogen) atoms. The van der Waals surface area contributed by atoms with Gasteiger partial charge in [-0.05, 0) is 18.9 Å². The summed E-state index contributed by atoms with van der Waals surface area (Å²) in [7, 11) is 0. The number of benzene rings is 1. The zero-order valence-electron chi connectivity index (χ0n) is 12.2. The lowest BCUT2D eigenvalue weighted by atomic mass is 10.1. The normalized spacial score (nSPS) is 21.3. The van der Waals surface area contributed by atoms with Crippen molar-refractivity contribution in [1.29, 1.82) is 0 Å². The molecule has 0 spiro atoms. The molecule has 5 nitrogen and oxygen atoms in total. The van der Waals surface area contributed by atoms with Gasteiger partial charge in [-0.1, -0.05) is 36.8 Å². The quantitative estimate of drug-likeness (QED) is 0.896. The van der Waals surface area contributed by atoms with E-state index in [2.05, 4.69) is 5.32 Å². The SMILES string of the molecule is CCC1SCC(C(=O)O)N1C(=O)NCc1cccc(C)c1. The summed E-state index contributed by atoms with van der Waals surface area (Å²) in [5.74, 6) is -0.490. The molecule has 1 saturated heterocycles. The van der Waals surface area contributed by atoms with Crippen LogP contribution >= 0.6 is 11.8 Å². The lowest BCUT2D eigenvalue weighted by molar-refractivity contribution is -0.141. The minimum absolute atomic E-state index is 0.0661. The first-order valence-electron chi connectivity index (χ1n) is 6.99. The van der Waals surface area contributed by atoms with Gasteiger partial charge in [0.1, 0.15) is 6.04 Å². The van der Waals surface area contributed by atoms with E-state index in [0.717, 1.165) is 17.5 Å². The summed E-state index contributed by atoms with van der Waals surface area (Å²) >= 11 is 1.52. The number of nitrogens with one attached hydrogen (secondary N) is 1. The van der Waals surface area contributed by atoms with Gasteiger partial charge in [0.05, 0.1) is 5.37 Å². The van der Waals surface area contributed by atoms with Gasteiger partial charge in [-0.3, -0.25) is 4.90 Å². The lowest BCUT2D eigenvalue weighted by Crippen LogP contribution is -2.49. The van der Waals surface area contributed by atoms with Crippen LogP contribution in [-0.4, -0.2) is 39.2 Å². The highest BCUT2D eigenvalue weighted by Gasteiger charge is 2.40. The molecular weight excluding hydrogens is 288 g/mol. The van der Waals surface area contributed by atoms with Crippen LogP contribution in [0.15, 0.2) is 24.3 Å². The number of carboxylic acids is 1. The molecule has 0 bridgehead atoms. The molecule has 6 heteroatoms. The average molecular weight is 308 g/mol. The third kappa shape index (κ3) is 3.69. The van der Waals surface area contributed by atoms with E-state index in [4.69, 9.17) is 0 Å². The molecule has 2 rings (SSSR count). The number of urea groups is 1. The second-order valence-corrected chi connectivity index (χ2v) is 6.32. The molecule has 1 aromatic rings. The molecule has 2 N–H and O–H groups in total. The number of thioether (sulfide) groups is 1. The summed E-state index contributed by atoms with van der Waals surface area (Å²) in [5, 5.41) is 12.0. The molecule has 1 heterocycles. The van der Waals surface area contributed by atoms with Crippen molar-refractivity contribution in [2.45, 2.75) is 38.2 Å². The van der Waals surface area contributed by atoms with Crippen LogP contribution in [0.2, 0.25) is 0 Å². The van der Waals surface area contributed by atoms with Crippen molar-refractivity contribution in [3.05, 3.63) is 35.4 Å². The highest BCUT2D eigenvalue weighted by molar-refractivity contribution is 8.00. The Bertz CT molecular complexity index is 535. The smallest absolute Gasteiger partial charge is 0.327 e. The van der Waals surface area contributed by atoms with E-state index in [1.54, 1.807) is 0 Å². The Hall–Kier alpha value is -1.69. The molecule has 1 fully saturated rings. The van der Waals surface area contributed by atoms with Crippen molar-refractivity contribution in [2.24, 2.45) is 0 Å². The second kappa shape index (κ2) is 6.85. The molecule has 1 aliphatic rings. The molecule has 0 radical (unpaired) electrons. The number of carbonyl (C=O) groups is 2. The van der Waals surface area contributed by atoms with Gasteiger partial charge in [-0.15, -0.1) is 11.8 Å². The molecule has 2 unspecified atom stereocenters. The van der Waals surface area contributed by atoms with Crippen molar-refractivity contribution >= 4 is 23.8 Å². The Morgan fingerprint density at radius 2 is 2.24 bits per heavy atom. The van der Waals surface area contributed by atoms with E-state index >= 15 is 0 Å². The van der Waals surface area contributed by atoms with Gasteiger partial charge < -0.3 is 10.4 Å². The average Bonchev–Trinajstić information content (AvgIpc) is 2.89. The van der Waals surface area contributed by atoms with Crippen molar-refractivity contribution in [3.8, 4) is 0 Å². The minimum Gasteiger partial charge on any atom is -0.480 e. The first-order chi connectivity index (χ1) is 10.0. The van der Waals surface area contributed by atoms with E-state index in [-0.39, 0.29) is 11.4 Å². The van der Waals surface area contributed by atoms with Crippen molar-refractivity contribution in [2.75, 3.05) is 5.75 Å². The maximum Gasteiger partial charge on any atom is 0.327 e. The molecule has 0 aliphatic carbocycles. The summed E-state index contributed by atoms with van der Waals surface area (Å²) in [5.41, 5.74) is 2.14. The van der Waals surface area contributed by atoms with E-state index in [1.807, 2.05) is 38.1 Å². The Morgan fingerprint density at radius 1 is 1.48 bits per heavy atom. The summed E-state index contributed by atoms with van der Waals surface area (Å²) in [6, 6.07) is 6.84. The number of amides is 2. The number of carbonyl (C=O) groups excluding carboxylic acids is 1. The van der Waals surface area contributed by atoms with Crippen LogP contribution in [0.3, 0.4) is 0 Å². The highest BCUT2D eigenvalue weighted by Crippen LogP contribution is 2.31. The largest absolute Gasteiger partial charge is 0.480 e. The molecule has 2 atom stereocenters. The van der Waals surface area contributed by atoms with Crippen LogP contribution in [0, 0.1) is 6.92 Å². The maximum atomic E-state index is 12.3. The fourth-order valence-corrected chi connectivity index (χ4v) is 3.78. The van der Waals surface area contributed by atoms with Crippen LogP contribution < -0.4 is 5.32 Å². The molecule has 2 amide bonds. The monoisotopic (exact) mass is 308 g/mol. The van der Waals surface area contributed by atoms with Crippen molar-refractivity contribution in [3.63, 3.8) is 0 Å². The van der Waals surface area contributed by atoms with Gasteiger partial charge in [0.25, 0.3) is 0 Å². The minimum atomic E-state index is -0.941. The molecule has 114 valence electrons. The molecule has 1 aliphatic heterocycles. The van der Waals surface area contributed by atoms with Gasteiger partial charge in [-0.25, -0.2) is 9.59 Å². The third-order valence-corrected chi connectivity index (χ3v) is 4.94. The number of hydrogen-bond acceptors (Lipinski definition) is 3. The lowest BCUT2D eigenvalue weighted by Gasteiger charge is -2.26. The Balaban J connectivity index is 2.02. The second-order valence-electron chi connectivity index (χ2n) is 5.11. The maximum absolute atomic E-state index is 12.3. The Morgan fingerprint density at radius 3 is 2.86 bits per heavy atom. The molecule has 0 aromatic heterocycles. The van der Waals surface area contributed by atoms with Gasteiger partial charge >= 0.3 is 12.0 Å². The number of rotatable bonds is 4. The first-order valence-corrected chi connectivity index (χ1v) is 8.04. The van der Waals surface area contributed by atoms with E-state index in [0.29, 0.717) is 12.3 Å². The van der Waals surface area contributed by atoms with E-state index in [9.17, 15) is 14.7 Å². The van der Waals surface area contributed by atoms with Gasteiger partial charge in [0.2, 0.25) is 0 Å². The molecule has 1 aromatic carbocycles.